The maximum absolute atomic E-state index is 11.0. The average molecular weight is 220 g/mol. The van der Waals surface area contributed by atoms with E-state index >= 15 is 0 Å². The van der Waals surface area contributed by atoms with Gasteiger partial charge in [0.1, 0.15) is 5.56 Å². The molecule has 0 amide bonds. The monoisotopic (exact) mass is 220 g/mol. The first-order valence-corrected chi connectivity index (χ1v) is 5.66. The Kier molecular flexibility index (Phi) is 3.08. The van der Waals surface area contributed by atoms with Gasteiger partial charge in [-0.1, -0.05) is 13.3 Å². The Morgan fingerprint density at radius 2 is 2.50 bits per heavy atom. The number of hydrogen-bond acceptors (Lipinski definition) is 3. The van der Waals surface area contributed by atoms with Gasteiger partial charge in [0.25, 0.3) is 0 Å². The van der Waals surface area contributed by atoms with Gasteiger partial charge in [-0.05, 0) is 24.8 Å². The van der Waals surface area contributed by atoms with Gasteiger partial charge < -0.3 is 10.4 Å². The van der Waals surface area contributed by atoms with Crippen LogP contribution in [0, 0.1) is 5.92 Å². The summed E-state index contributed by atoms with van der Waals surface area (Å²) in [6.45, 7) is 2.17. The topological polar surface area (TPSA) is 62.2 Å². The fraction of sp³-hybridized carbons (Fsp3) is 0.500. The highest BCUT2D eigenvalue weighted by Crippen LogP contribution is 2.37. The Hall–Kier alpha value is -1.58. The molecule has 0 spiro atoms. The standard InChI is InChI=1S/C12H16N2O2/c1-2-3-8-6-11(8)14-10-4-5-13-7-9(10)12(15)16/h4-5,7-8,11H,2-3,6H2,1H3,(H,13,14)(H,15,16). The van der Waals surface area contributed by atoms with Gasteiger partial charge >= 0.3 is 5.97 Å². The third-order valence-electron chi connectivity index (χ3n) is 2.97. The maximum Gasteiger partial charge on any atom is 0.339 e. The summed E-state index contributed by atoms with van der Waals surface area (Å²) in [7, 11) is 0. The molecule has 1 aliphatic carbocycles. The fourth-order valence-corrected chi connectivity index (χ4v) is 2.00. The second-order valence-corrected chi connectivity index (χ2v) is 4.26. The zero-order chi connectivity index (χ0) is 11.5. The summed E-state index contributed by atoms with van der Waals surface area (Å²) in [6, 6.07) is 2.17. The number of pyridine rings is 1. The van der Waals surface area contributed by atoms with E-state index in [0.29, 0.717) is 17.6 Å². The Morgan fingerprint density at radius 3 is 3.19 bits per heavy atom. The third kappa shape index (κ3) is 2.32. The smallest absolute Gasteiger partial charge is 0.339 e. The van der Waals surface area contributed by atoms with E-state index in [4.69, 9.17) is 5.11 Å². The SMILES string of the molecule is CCCC1CC1Nc1ccncc1C(=O)O. The van der Waals surface area contributed by atoms with Crippen LogP contribution < -0.4 is 5.32 Å². The van der Waals surface area contributed by atoms with Crippen molar-refractivity contribution in [2.24, 2.45) is 5.92 Å². The van der Waals surface area contributed by atoms with Crippen LogP contribution in [-0.2, 0) is 0 Å². The zero-order valence-corrected chi connectivity index (χ0v) is 9.31. The molecule has 0 aromatic carbocycles. The summed E-state index contributed by atoms with van der Waals surface area (Å²) < 4.78 is 0. The molecule has 1 fully saturated rings. The minimum absolute atomic E-state index is 0.254. The van der Waals surface area contributed by atoms with E-state index in [1.54, 1.807) is 12.3 Å². The van der Waals surface area contributed by atoms with Gasteiger partial charge in [0.2, 0.25) is 0 Å². The number of carboxylic acids is 1. The van der Waals surface area contributed by atoms with Crippen LogP contribution in [0.4, 0.5) is 5.69 Å². The van der Waals surface area contributed by atoms with Crippen molar-refractivity contribution in [1.29, 1.82) is 0 Å². The maximum atomic E-state index is 11.0. The molecular weight excluding hydrogens is 204 g/mol. The van der Waals surface area contributed by atoms with Crippen molar-refractivity contribution in [2.45, 2.75) is 32.2 Å². The van der Waals surface area contributed by atoms with Gasteiger partial charge in [-0.3, -0.25) is 4.98 Å². The van der Waals surface area contributed by atoms with Crippen molar-refractivity contribution in [3.63, 3.8) is 0 Å². The molecule has 1 aromatic heterocycles. The van der Waals surface area contributed by atoms with Gasteiger partial charge in [-0.2, -0.15) is 0 Å². The second kappa shape index (κ2) is 4.51. The summed E-state index contributed by atoms with van der Waals surface area (Å²) in [4.78, 5) is 14.8. The molecule has 1 aliphatic rings. The van der Waals surface area contributed by atoms with Crippen molar-refractivity contribution in [3.05, 3.63) is 24.0 Å². The molecule has 1 aromatic rings. The van der Waals surface area contributed by atoms with Crippen molar-refractivity contribution in [1.82, 2.24) is 4.98 Å². The Morgan fingerprint density at radius 1 is 1.69 bits per heavy atom. The Bertz CT molecular complexity index is 392. The molecule has 4 heteroatoms. The molecule has 2 rings (SSSR count). The Labute approximate surface area is 94.7 Å². The van der Waals surface area contributed by atoms with Crippen molar-refractivity contribution < 1.29 is 9.90 Å². The van der Waals surface area contributed by atoms with Crippen LogP contribution in [0.25, 0.3) is 0 Å². The van der Waals surface area contributed by atoms with E-state index in [0.717, 1.165) is 6.42 Å². The minimum Gasteiger partial charge on any atom is -0.478 e. The van der Waals surface area contributed by atoms with Crippen LogP contribution in [-0.4, -0.2) is 22.1 Å². The summed E-state index contributed by atoms with van der Waals surface area (Å²) >= 11 is 0. The molecule has 2 unspecified atom stereocenters. The van der Waals surface area contributed by atoms with E-state index in [1.165, 1.54) is 19.0 Å². The van der Waals surface area contributed by atoms with Gasteiger partial charge in [0.15, 0.2) is 0 Å². The van der Waals surface area contributed by atoms with Crippen LogP contribution in [0.2, 0.25) is 0 Å². The van der Waals surface area contributed by atoms with Crippen LogP contribution >= 0.6 is 0 Å². The number of aromatic carboxylic acids is 1. The molecule has 2 atom stereocenters. The molecular formula is C12H16N2O2. The Balaban J connectivity index is 2.02. The third-order valence-corrected chi connectivity index (χ3v) is 2.97. The first kappa shape index (κ1) is 10.9. The molecule has 0 saturated heterocycles. The zero-order valence-electron chi connectivity index (χ0n) is 9.31. The molecule has 86 valence electrons. The predicted octanol–water partition coefficient (Wildman–Crippen LogP) is 2.38. The van der Waals surface area contributed by atoms with Crippen molar-refractivity contribution in [3.8, 4) is 0 Å². The largest absolute Gasteiger partial charge is 0.478 e. The highest BCUT2D eigenvalue weighted by atomic mass is 16.4. The summed E-state index contributed by atoms with van der Waals surface area (Å²) in [5.41, 5.74) is 0.941. The second-order valence-electron chi connectivity index (χ2n) is 4.26. The summed E-state index contributed by atoms with van der Waals surface area (Å²) in [6.07, 6.45) is 6.55. The predicted molar refractivity (Wildman–Crippen MR) is 61.6 cm³/mol. The van der Waals surface area contributed by atoms with E-state index in [1.807, 2.05) is 0 Å². The lowest BCUT2D eigenvalue weighted by Crippen LogP contribution is -2.10. The molecule has 1 saturated carbocycles. The minimum atomic E-state index is -0.928. The lowest BCUT2D eigenvalue weighted by molar-refractivity contribution is 0.0697. The molecule has 0 bridgehead atoms. The van der Waals surface area contributed by atoms with Crippen molar-refractivity contribution in [2.75, 3.05) is 5.32 Å². The number of anilines is 1. The summed E-state index contributed by atoms with van der Waals surface area (Å²) in [5.74, 6) is -0.219. The average Bonchev–Trinajstić information content (AvgIpc) is 2.97. The number of rotatable bonds is 5. The first-order chi connectivity index (χ1) is 7.72. The molecule has 0 aliphatic heterocycles. The van der Waals surface area contributed by atoms with Gasteiger partial charge in [-0.15, -0.1) is 0 Å². The lowest BCUT2D eigenvalue weighted by atomic mass is 10.2. The van der Waals surface area contributed by atoms with E-state index in [9.17, 15) is 4.79 Å². The van der Waals surface area contributed by atoms with Crippen LogP contribution in [0.5, 0.6) is 0 Å². The summed E-state index contributed by atoms with van der Waals surface area (Å²) in [5, 5.41) is 12.3. The molecule has 2 N–H and O–H groups in total. The van der Waals surface area contributed by atoms with Crippen LogP contribution in [0.1, 0.15) is 36.5 Å². The van der Waals surface area contributed by atoms with Gasteiger partial charge in [0, 0.05) is 18.4 Å². The number of carbonyl (C=O) groups is 1. The molecule has 0 radical (unpaired) electrons. The van der Waals surface area contributed by atoms with E-state index < -0.39 is 5.97 Å². The highest BCUT2D eigenvalue weighted by molar-refractivity contribution is 5.93. The number of carboxylic acid groups (broad SMARTS) is 1. The molecule has 4 nitrogen and oxygen atoms in total. The fourth-order valence-electron chi connectivity index (χ4n) is 2.00. The van der Waals surface area contributed by atoms with E-state index in [-0.39, 0.29) is 5.56 Å². The van der Waals surface area contributed by atoms with Crippen LogP contribution in [0.15, 0.2) is 18.5 Å². The number of aromatic nitrogens is 1. The molecule has 16 heavy (non-hydrogen) atoms. The van der Waals surface area contributed by atoms with Crippen LogP contribution in [0.3, 0.4) is 0 Å². The van der Waals surface area contributed by atoms with E-state index in [2.05, 4.69) is 17.2 Å². The van der Waals surface area contributed by atoms with Gasteiger partial charge in [-0.25, -0.2) is 4.79 Å². The lowest BCUT2D eigenvalue weighted by Gasteiger charge is -2.08. The van der Waals surface area contributed by atoms with Gasteiger partial charge in [0.05, 0.1) is 5.69 Å². The molecule has 1 heterocycles. The quantitative estimate of drug-likeness (QED) is 0.799. The van der Waals surface area contributed by atoms with Crippen molar-refractivity contribution >= 4 is 11.7 Å². The number of nitrogens with one attached hydrogen (secondary N) is 1. The number of hydrogen-bond donors (Lipinski definition) is 2. The highest BCUT2D eigenvalue weighted by Gasteiger charge is 2.36. The normalized spacial score (nSPS) is 22.8. The number of nitrogens with zero attached hydrogens (tertiary/aromatic N) is 1. The first-order valence-electron chi connectivity index (χ1n) is 5.66.